The Balaban J connectivity index is 1.42. The molecule has 1 heterocycles. The number of nitrogens with zero attached hydrogens (tertiary/aromatic N) is 2. The Morgan fingerprint density at radius 1 is 1.31 bits per heavy atom. The van der Waals surface area contributed by atoms with Crippen molar-refractivity contribution in [1.29, 1.82) is 0 Å². The summed E-state index contributed by atoms with van der Waals surface area (Å²) in [5.74, 6) is 0.769. The monoisotopic (exact) mass is 359 g/mol. The summed E-state index contributed by atoms with van der Waals surface area (Å²) < 4.78 is 5.83. The predicted molar refractivity (Wildman–Crippen MR) is 104 cm³/mol. The van der Waals surface area contributed by atoms with Gasteiger partial charge in [-0.25, -0.2) is 0 Å². The van der Waals surface area contributed by atoms with Gasteiger partial charge in [0.2, 0.25) is 5.91 Å². The topological polar surface area (TPSA) is 44.8 Å². The van der Waals surface area contributed by atoms with Crippen LogP contribution >= 0.6 is 0 Å². The molecule has 1 aliphatic heterocycles. The molecule has 1 aromatic rings. The predicted octanol–water partition coefficient (Wildman–Crippen LogP) is 2.12. The summed E-state index contributed by atoms with van der Waals surface area (Å²) in [7, 11) is 0. The van der Waals surface area contributed by atoms with Crippen LogP contribution in [0.5, 0.6) is 0 Å². The summed E-state index contributed by atoms with van der Waals surface area (Å²) in [4.78, 5) is 17.2. The van der Waals surface area contributed by atoms with Gasteiger partial charge >= 0.3 is 0 Å². The van der Waals surface area contributed by atoms with E-state index in [-0.39, 0.29) is 12.0 Å². The van der Waals surface area contributed by atoms with Crippen molar-refractivity contribution in [3.8, 4) is 0 Å². The van der Waals surface area contributed by atoms with Crippen molar-refractivity contribution >= 4 is 5.91 Å². The van der Waals surface area contributed by atoms with Crippen molar-refractivity contribution in [3.05, 3.63) is 35.9 Å². The normalized spacial score (nSPS) is 21.3. The van der Waals surface area contributed by atoms with Crippen LogP contribution in [-0.2, 0) is 16.1 Å². The summed E-state index contributed by atoms with van der Waals surface area (Å²) in [5, 5.41) is 3.09. The van der Waals surface area contributed by atoms with Crippen molar-refractivity contribution in [1.82, 2.24) is 15.1 Å². The number of nitrogens with one attached hydrogen (secondary N) is 1. The highest BCUT2D eigenvalue weighted by Gasteiger charge is 2.30. The number of amides is 1. The lowest BCUT2D eigenvalue weighted by Gasteiger charge is -2.34. The number of rotatable bonds is 9. The zero-order valence-corrected chi connectivity index (χ0v) is 16.2. The number of ether oxygens (including phenoxy) is 1. The van der Waals surface area contributed by atoms with Gasteiger partial charge in [-0.2, -0.15) is 0 Å². The second kappa shape index (κ2) is 9.49. The average molecular weight is 360 g/mol. The van der Waals surface area contributed by atoms with E-state index < -0.39 is 0 Å². The van der Waals surface area contributed by atoms with Gasteiger partial charge < -0.3 is 10.1 Å². The van der Waals surface area contributed by atoms with E-state index in [0.717, 1.165) is 32.8 Å². The van der Waals surface area contributed by atoms with Gasteiger partial charge in [-0.15, -0.1) is 0 Å². The van der Waals surface area contributed by atoms with E-state index in [4.69, 9.17) is 4.74 Å². The molecule has 1 amide bonds. The Hall–Kier alpha value is -1.43. The van der Waals surface area contributed by atoms with Gasteiger partial charge in [-0.3, -0.25) is 14.6 Å². The SMILES string of the molecule is CC(C)CN1CCO[C@@H](CNC(=O)CN(Cc2ccccc2)C2CC2)C1. The first-order valence-electron chi connectivity index (χ1n) is 9.99. The van der Waals surface area contributed by atoms with Crippen LogP contribution in [0.25, 0.3) is 0 Å². The van der Waals surface area contributed by atoms with Crippen LogP contribution < -0.4 is 5.32 Å². The van der Waals surface area contributed by atoms with Gasteiger partial charge in [-0.1, -0.05) is 44.2 Å². The Morgan fingerprint density at radius 2 is 2.08 bits per heavy atom. The molecule has 1 N–H and O–H groups in total. The molecule has 0 aromatic heterocycles. The minimum Gasteiger partial charge on any atom is -0.374 e. The van der Waals surface area contributed by atoms with Gasteiger partial charge in [0, 0.05) is 38.8 Å². The lowest BCUT2D eigenvalue weighted by molar-refractivity contribution is -0.123. The summed E-state index contributed by atoms with van der Waals surface area (Å²) in [5.41, 5.74) is 1.27. The van der Waals surface area contributed by atoms with Crippen molar-refractivity contribution in [3.63, 3.8) is 0 Å². The van der Waals surface area contributed by atoms with Gasteiger partial charge in [0.05, 0.1) is 19.3 Å². The van der Waals surface area contributed by atoms with Crippen molar-refractivity contribution in [2.45, 2.75) is 45.4 Å². The Morgan fingerprint density at radius 3 is 2.77 bits per heavy atom. The summed E-state index contributed by atoms with van der Waals surface area (Å²) in [6.45, 7) is 10.2. The van der Waals surface area contributed by atoms with E-state index in [0.29, 0.717) is 25.0 Å². The van der Waals surface area contributed by atoms with Crippen LogP contribution in [0, 0.1) is 5.92 Å². The largest absolute Gasteiger partial charge is 0.374 e. The first-order valence-corrected chi connectivity index (χ1v) is 9.99. The molecule has 0 unspecified atom stereocenters. The van der Waals surface area contributed by atoms with E-state index in [9.17, 15) is 4.79 Å². The third-order valence-electron chi connectivity index (χ3n) is 5.01. The van der Waals surface area contributed by atoms with Crippen LogP contribution in [0.4, 0.5) is 0 Å². The molecule has 2 aliphatic rings. The molecule has 0 bridgehead atoms. The number of morpholine rings is 1. The minimum atomic E-state index is 0.106. The van der Waals surface area contributed by atoms with E-state index >= 15 is 0 Å². The highest BCUT2D eigenvalue weighted by Crippen LogP contribution is 2.27. The number of hydrogen-bond acceptors (Lipinski definition) is 4. The molecule has 0 radical (unpaired) electrons. The lowest BCUT2D eigenvalue weighted by Crippen LogP contribution is -2.49. The lowest BCUT2D eigenvalue weighted by atomic mass is 10.2. The number of carbonyl (C=O) groups excluding carboxylic acids is 1. The van der Waals surface area contributed by atoms with Crippen molar-refractivity contribution < 1.29 is 9.53 Å². The smallest absolute Gasteiger partial charge is 0.234 e. The molecule has 144 valence electrons. The highest BCUT2D eigenvalue weighted by atomic mass is 16.5. The number of benzene rings is 1. The molecule has 1 atom stereocenters. The Bertz CT molecular complexity index is 560. The first kappa shape index (κ1) is 19.3. The van der Waals surface area contributed by atoms with Crippen molar-refractivity contribution in [2.75, 3.05) is 39.3 Å². The third kappa shape index (κ3) is 6.38. The fraction of sp³-hybridized carbons (Fsp3) is 0.667. The van der Waals surface area contributed by atoms with E-state index in [2.05, 4.69) is 53.2 Å². The first-order chi connectivity index (χ1) is 12.6. The fourth-order valence-electron chi connectivity index (χ4n) is 3.63. The minimum absolute atomic E-state index is 0.106. The average Bonchev–Trinajstić information content (AvgIpc) is 3.45. The molecule has 1 saturated heterocycles. The molecule has 3 rings (SSSR count). The quantitative estimate of drug-likeness (QED) is 0.734. The van der Waals surface area contributed by atoms with Crippen molar-refractivity contribution in [2.24, 2.45) is 5.92 Å². The molecule has 5 nitrogen and oxygen atoms in total. The molecule has 1 aliphatic carbocycles. The van der Waals surface area contributed by atoms with Gasteiger partial charge in [0.15, 0.2) is 0 Å². The van der Waals surface area contributed by atoms with Crippen LogP contribution in [0.1, 0.15) is 32.3 Å². The van der Waals surface area contributed by atoms with Crippen LogP contribution in [0.15, 0.2) is 30.3 Å². The van der Waals surface area contributed by atoms with Gasteiger partial charge in [-0.05, 0) is 24.3 Å². The maximum absolute atomic E-state index is 12.5. The molecule has 0 spiro atoms. The standard InChI is InChI=1S/C21H33N3O2/c1-17(2)13-23-10-11-26-20(15-23)12-22-21(25)16-24(19-8-9-19)14-18-6-4-3-5-7-18/h3-7,17,19-20H,8-16H2,1-2H3,(H,22,25)/t20-/m0/s1. The van der Waals surface area contributed by atoms with Crippen LogP contribution in [0.2, 0.25) is 0 Å². The molecular formula is C21H33N3O2. The summed E-state index contributed by atoms with van der Waals surface area (Å²) >= 11 is 0. The number of hydrogen-bond donors (Lipinski definition) is 1. The zero-order valence-electron chi connectivity index (χ0n) is 16.2. The fourth-order valence-corrected chi connectivity index (χ4v) is 3.63. The highest BCUT2D eigenvalue weighted by molar-refractivity contribution is 5.78. The Kier molecular flexibility index (Phi) is 7.06. The summed E-state index contributed by atoms with van der Waals surface area (Å²) in [6, 6.07) is 11.0. The number of carbonyl (C=O) groups is 1. The molecule has 1 saturated carbocycles. The second-order valence-corrected chi connectivity index (χ2v) is 8.07. The van der Waals surface area contributed by atoms with Gasteiger partial charge in [0.25, 0.3) is 0 Å². The third-order valence-corrected chi connectivity index (χ3v) is 5.01. The second-order valence-electron chi connectivity index (χ2n) is 8.07. The molecule has 5 heteroatoms. The van der Waals surface area contributed by atoms with E-state index in [1.165, 1.54) is 18.4 Å². The van der Waals surface area contributed by atoms with Crippen LogP contribution in [-0.4, -0.2) is 67.2 Å². The maximum atomic E-state index is 12.5. The molecule has 1 aromatic carbocycles. The molecule has 2 fully saturated rings. The van der Waals surface area contributed by atoms with E-state index in [1.54, 1.807) is 0 Å². The Labute approximate surface area is 157 Å². The molecular weight excluding hydrogens is 326 g/mol. The maximum Gasteiger partial charge on any atom is 0.234 e. The van der Waals surface area contributed by atoms with Gasteiger partial charge in [0.1, 0.15) is 0 Å². The zero-order chi connectivity index (χ0) is 18.4. The molecule has 26 heavy (non-hydrogen) atoms. The summed E-state index contributed by atoms with van der Waals surface area (Å²) in [6.07, 6.45) is 2.52. The van der Waals surface area contributed by atoms with E-state index in [1.807, 2.05) is 6.07 Å². The van der Waals surface area contributed by atoms with Crippen LogP contribution in [0.3, 0.4) is 0 Å².